The maximum absolute atomic E-state index is 11.9. The molecule has 1 aliphatic rings. The zero-order valence-electron chi connectivity index (χ0n) is 5.53. The fourth-order valence-corrected chi connectivity index (χ4v) is 1.06. The van der Waals surface area contributed by atoms with Crippen molar-refractivity contribution in [3.05, 3.63) is 0 Å². The van der Waals surface area contributed by atoms with Gasteiger partial charge in [-0.25, -0.2) is 0 Å². The number of hydrogen-bond acceptors (Lipinski definition) is 1. The minimum atomic E-state index is -4.65. The van der Waals surface area contributed by atoms with E-state index < -0.39 is 12.8 Å². The molecule has 1 rings (SSSR count). The van der Waals surface area contributed by atoms with Gasteiger partial charge in [0.15, 0.2) is 0 Å². The van der Waals surface area contributed by atoms with Gasteiger partial charge in [0, 0.05) is 13.2 Å². The van der Waals surface area contributed by atoms with Crippen LogP contribution in [0.25, 0.3) is 0 Å². The van der Waals surface area contributed by atoms with Gasteiger partial charge in [-0.2, -0.15) is 0 Å². The summed E-state index contributed by atoms with van der Waals surface area (Å²) in [5.74, 6) is -1.16. The number of halogens is 3. The van der Waals surface area contributed by atoms with E-state index in [0.29, 0.717) is 13.0 Å². The second kappa shape index (κ2) is 2.82. The zero-order chi connectivity index (χ0) is 7.61. The van der Waals surface area contributed by atoms with E-state index in [1.165, 1.54) is 0 Å². The van der Waals surface area contributed by atoms with Gasteiger partial charge in [-0.3, -0.25) is 0 Å². The largest absolute Gasteiger partial charge is 0.483 e. The van der Waals surface area contributed by atoms with Gasteiger partial charge in [0.25, 0.3) is 0 Å². The molecule has 0 aliphatic carbocycles. The Morgan fingerprint density at radius 2 is 2.00 bits per heavy atom. The molecule has 10 heavy (non-hydrogen) atoms. The van der Waals surface area contributed by atoms with Crippen LogP contribution in [0, 0.1) is 0 Å². The first-order valence-electron chi connectivity index (χ1n) is 3.38. The summed E-state index contributed by atoms with van der Waals surface area (Å²) < 4.78 is 40.5. The minimum Gasteiger partial charge on any atom is -0.449 e. The highest BCUT2D eigenvalue weighted by Crippen LogP contribution is 2.32. The predicted molar refractivity (Wildman–Crippen MR) is 32.9 cm³/mol. The summed E-state index contributed by atoms with van der Waals surface area (Å²) in [6.45, 7) is -4.28. The number of rotatable bonds is 1. The van der Waals surface area contributed by atoms with Gasteiger partial charge in [0.05, 0.1) is 0 Å². The Balaban J connectivity index is 2.39. The molecule has 1 aliphatic heterocycles. The average Bonchev–Trinajstić information content (AvgIpc) is 1.88. The molecule has 0 N–H and O–H groups in total. The van der Waals surface area contributed by atoms with Crippen LogP contribution in [-0.4, -0.2) is 20.2 Å². The molecule has 1 saturated heterocycles. The fourth-order valence-electron chi connectivity index (χ4n) is 1.06. The Kier molecular flexibility index (Phi) is 2.23. The molecule has 5 heteroatoms. The molecule has 0 aromatic rings. The highest BCUT2D eigenvalue weighted by Gasteiger charge is 2.35. The van der Waals surface area contributed by atoms with Crippen LogP contribution in [-0.2, 0) is 4.74 Å². The summed E-state index contributed by atoms with van der Waals surface area (Å²) in [6.07, 6.45) is 0.801. The lowest BCUT2D eigenvalue weighted by atomic mass is 9.70. The Hall–Kier alpha value is -0.185. The van der Waals surface area contributed by atoms with Crippen molar-refractivity contribution in [1.82, 2.24) is 0 Å². The maximum atomic E-state index is 11.9. The minimum absolute atomic E-state index is 0.122. The van der Waals surface area contributed by atoms with E-state index in [4.69, 9.17) is 4.74 Å². The molecule has 1 atom stereocenters. The van der Waals surface area contributed by atoms with Crippen LogP contribution in [0.1, 0.15) is 12.8 Å². The lowest BCUT2D eigenvalue weighted by Gasteiger charge is -2.29. The van der Waals surface area contributed by atoms with Crippen LogP contribution in [0.5, 0.6) is 0 Å². The Morgan fingerprint density at radius 1 is 1.30 bits per heavy atom. The van der Waals surface area contributed by atoms with E-state index in [9.17, 15) is 12.9 Å². The smallest absolute Gasteiger partial charge is 0.449 e. The molecule has 0 aromatic heterocycles. The van der Waals surface area contributed by atoms with Gasteiger partial charge in [-0.05, 0) is 12.2 Å². The summed E-state index contributed by atoms with van der Waals surface area (Å²) in [5.41, 5.74) is 0. The van der Waals surface area contributed by atoms with Gasteiger partial charge >= 0.3 is 6.98 Å². The third kappa shape index (κ3) is 1.90. The van der Waals surface area contributed by atoms with Gasteiger partial charge < -0.3 is 17.7 Å². The molecule has 0 spiro atoms. The van der Waals surface area contributed by atoms with Crippen LogP contribution < -0.4 is 0 Å². The molecule has 60 valence electrons. The van der Waals surface area contributed by atoms with Crippen LogP contribution in [0.3, 0.4) is 0 Å². The lowest BCUT2D eigenvalue weighted by molar-refractivity contribution is 0.0862. The molecular weight excluding hydrogens is 144 g/mol. The molecule has 0 aromatic carbocycles. The molecule has 0 unspecified atom stereocenters. The van der Waals surface area contributed by atoms with Gasteiger partial charge in [0.1, 0.15) is 0 Å². The normalized spacial score (nSPS) is 28.5. The first-order valence-corrected chi connectivity index (χ1v) is 3.38. The van der Waals surface area contributed by atoms with Crippen molar-refractivity contribution in [2.75, 3.05) is 13.2 Å². The summed E-state index contributed by atoms with van der Waals surface area (Å²) in [7, 11) is 0. The van der Waals surface area contributed by atoms with Gasteiger partial charge in [-0.1, -0.05) is 6.42 Å². The van der Waals surface area contributed by atoms with E-state index in [1.807, 2.05) is 0 Å². The van der Waals surface area contributed by atoms with Crippen molar-refractivity contribution >= 4 is 6.98 Å². The molecule has 1 fully saturated rings. The second-order valence-corrected chi connectivity index (χ2v) is 2.60. The Labute approximate surface area is 57.6 Å². The fraction of sp³-hybridized carbons (Fsp3) is 1.00. The van der Waals surface area contributed by atoms with Crippen molar-refractivity contribution in [3.8, 4) is 0 Å². The van der Waals surface area contributed by atoms with Crippen LogP contribution in [0.2, 0.25) is 5.82 Å². The molecule has 0 radical (unpaired) electrons. The maximum Gasteiger partial charge on any atom is 0.483 e. The van der Waals surface area contributed by atoms with E-state index in [-0.39, 0.29) is 13.0 Å². The van der Waals surface area contributed by atoms with E-state index in [1.54, 1.807) is 0 Å². The molecule has 0 bridgehead atoms. The first-order chi connectivity index (χ1) is 4.61. The van der Waals surface area contributed by atoms with E-state index in [0.717, 1.165) is 0 Å². The standard InChI is InChI=1S/C5H9BF3O/c7-6(8,9)5-2-1-3-10-4-5/h5H,1-4H2/q-1/t5-/m1/s1. The summed E-state index contributed by atoms with van der Waals surface area (Å²) >= 11 is 0. The molecule has 0 saturated carbocycles. The van der Waals surface area contributed by atoms with Gasteiger partial charge in [-0.15, -0.1) is 0 Å². The monoisotopic (exact) mass is 153 g/mol. The Morgan fingerprint density at radius 3 is 2.30 bits per heavy atom. The highest BCUT2D eigenvalue weighted by molar-refractivity contribution is 6.60. The molecule has 1 nitrogen and oxygen atoms in total. The van der Waals surface area contributed by atoms with Crippen molar-refractivity contribution < 1.29 is 17.7 Å². The quantitative estimate of drug-likeness (QED) is 0.523. The van der Waals surface area contributed by atoms with Crippen molar-refractivity contribution in [1.29, 1.82) is 0 Å². The summed E-state index contributed by atoms with van der Waals surface area (Å²) in [5, 5.41) is 0. The van der Waals surface area contributed by atoms with Crippen LogP contribution in [0.15, 0.2) is 0 Å². The lowest BCUT2D eigenvalue weighted by Crippen LogP contribution is -2.30. The molecule has 0 amide bonds. The molecule has 1 heterocycles. The van der Waals surface area contributed by atoms with Crippen LogP contribution in [0.4, 0.5) is 12.9 Å². The summed E-state index contributed by atoms with van der Waals surface area (Å²) in [6, 6.07) is 0. The third-order valence-electron chi connectivity index (χ3n) is 1.73. The van der Waals surface area contributed by atoms with Crippen molar-refractivity contribution in [3.63, 3.8) is 0 Å². The van der Waals surface area contributed by atoms with Gasteiger partial charge in [0.2, 0.25) is 0 Å². The average molecular weight is 153 g/mol. The Bertz CT molecular complexity index is 108. The van der Waals surface area contributed by atoms with Crippen molar-refractivity contribution in [2.45, 2.75) is 18.7 Å². The number of hydrogen-bond donors (Lipinski definition) is 0. The third-order valence-corrected chi connectivity index (χ3v) is 1.73. The van der Waals surface area contributed by atoms with Crippen LogP contribution >= 0.6 is 0 Å². The van der Waals surface area contributed by atoms with Crippen molar-refractivity contribution in [2.24, 2.45) is 0 Å². The number of ether oxygens (including phenoxy) is 1. The van der Waals surface area contributed by atoms with E-state index in [2.05, 4.69) is 0 Å². The topological polar surface area (TPSA) is 9.23 Å². The predicted octanol–water partition coefficient (Wildman–Crippen LogP) is 2.01. The zero-order valence-corrected chi connectivity index (χ0v) is 5.53. The SMILES string of the molecule is F[B-](F)(F)[C@@H]1CCCOC1. The second-order valence-electron chi connectivity index (χ2n) is 2.60. The van der Waals surface area contributed by atoms with E-state index >= 15 is 0 Å². The molecular formula is C5H9BF3O-. The highest BCUT2D eigenvalue weighted by atomic mass is 19.4. The summed E-state index contributed by atoms with van der Waals surface area (Å²) in [4.78, 5) is 0. The first kappa shape index (κ1) is 7.92.